The first-order valence-corrected chi connectivity index (χ1v) is 9.46. The predicted octanol–water partition coefficient (Wildman–Crippen LogP) is 4.41. The minimum Gasteiger partial charge on any atom is -0.507 e. The highest BCUT2D eigenvalue weighted by molar-refractivity contribution is 7.10. The molecule has 142 valence electrons. The van der Waals surface area contributed by atoms with Crippen LogP contribution in [0.15, 0.2) is 64.1 Å². The number of aryl methyl sites for hydroxylation is 1. The zero-order valence-corrected chi connectivity index (χ0v) is 15.7. The Morgan fingerprint density at radius 3 is 2.71 bits per heavy atom. The number of ketones is 1. The van der Waals surface area contributed by atoms with Crippen LogP contribution < -0.4 is 0 Å². The molecule has 4 rings (SSSR count). The van der Waals surface area contributed by atoms with Gasteiger partial charge in [0.05, 0.1) is 18.4 Å². The van der Waals surface area contributed by atoms with Gasteiger partial charge >= 0.3 is 0 Å². The van der Waals surface area contributed by atoms with Crippen molar-refractivity contribution < 1.29 is 23.5 Å². The fraction of sp³-hybridized carbons (Fsp3) is 0.143. The number of nitrogens with zero attached hydrogens (tertiary/aromatic N) is 1. The van der Waals surface area contributed by atoms with Crippen LogP contribution >= 0.6 is 11.3 Å². The Morgan fingerprint density at radius 1 is 1.25 bits per heavy atom. The van der Waals surface area contributed by atoms with Crippen molar-refractivity contribution in [1.29, 1.82) is 0 Å². The van der Waals surface area contributed by atoms with Crippen LogP contribution in [-0.2, 0) is 16.1 Å². The molecule has 3 aromatic rings. The monoisotopic (exact) mass is 397 g/mol. The van der Waals surface area contributed by atoms with Crippen molar-refractivity contribution >= 4 is 28.8 Å². The average molecular weight is 397 g/mol. The van der Waals surface area contributed by atoms with E-state index in [0.29, 0.717) is 11.3 Å². The maximum Gasteiger partial charge on any atom is 0.296 e. The summed E-state index contributed by atoms with van der Waals surface area (Å²) in [5.74, 6) is -1.69. The van der Waals surface area contributed by atoms with Crippen molar-refractivity contribution in [2.24, 2.45) is 0 Å². The van der Waals surface area contributed by atoms with Crippen LogP contribution in [0.5, 0.6) is 0 Å². The molecule has 0 saturated carbocycles. The van der Waals surface area contributed by atoms with E-state index in [2.05, 4.69) is 0 Å². The second-order valence-electron chi connectivity index (χ2n) is 6.49. The topological polar surface area (TPSA) is 70.8 Å². The average Bonchev–Trinajstić information content (AvgIpc) is 3.42. The molecule has 1 atom stereocenters. The van der Waals surface area contributed by atoms with Gasteiger partial charge in [-0.3, -0.25) is 9.59 Å². The van der Waals surface area contributed by atoms with Gasteiger partial charge in [-0.2, -0.15) is 0 Å². The number of halogens is 1. The lowest BCUT2D eigenvalue weighted by Gasteiger charge is -2.23. The molecule has 1 aliphatic rings. The largest absolute Gasteiger partial charge is 0.507 e. The standard InChI is InChI=1S/C21H16FNO4S/c1-12-10-13(6-7-15(12)22)19(24)17-18(16-5-3-9-28-16)23(21(26)20(17)25)11-14-4-2-8-27-14/h2-10,18,24H,11H2,1H3/b19-17-. The summed E-state index contributed by atoms with van der Waals surface area (Å²) < 4.78 is 18.9. The Hall–Kier alpha value is -3.19. The number of Topliss-reactive ketones (excluding diaryl/α,β-unsaturated/α-hetero) is 1. The molecule has 0 bridgehead atoms. The molecule has 1 aromatic carbocycles. The molecule has 3 heterocycles. The molecule has 1 saturated heterocycles. The van der Waals surface area contributed by atoms with Gasteiger partial charge in [0, 0.05) is 10.4 Å². The number of likely N-dealkylation sites (tertiary alicyclic amines) is 1. The molecule has 1 amide bonds. The molecular weight excluding hydrogens is 381 g/mol. The number of aliphatic hydroxyl groups is 1. The zero-order chi connectivity index (χ0) is 19.8. The van der Waals surface area contributed by atoms with Crippen molar-refractivity contribution in [2.75, 3.05) is 0 Å². The van der Waals surface area contributed by atoms with E-state index >= 15 is 0 Å². The smallest absolute Gasteiger partial charge is 0.296 e. The van der Waals surface area contributed by atoms with Crippen LogP contribution in [0.4, 0.5) is 4.39 Å². The maximum atomic E-state index is 13.6. The summed E-state index contributed by atoms with van der Waals surface area (Å²) in [6.07, 6.45) is 1.49. The highest BCUT2D eigenvalue weighted by atomic mass is 32.1. The van der Waals surface area contributed by atoms with Crippen molar-refractivity contribution in [3.05, 3.63) is 87.3 Å². The fourth-order valence-corrected chi connectivity index (χ4v) is 4.15. The van der Waals surface area contributed by atoms with Gasteiger partial charge in [-0.05, 0) is 54.3 Å². The minimum atomic E-state index is -0.774. The third kappa shape index (κ3) is 3.03. The van der Waals surface area contributed by atoms with Gasteiger partial charge in [-0.1, -0.05) is 6.07 Å². The van der Waals surface area contributed by atoms with Crippen LogP contribution in [0.1, 0.15) is 27.8 Å². The van der Waals surface area contributed by atoms with Crippen molar-refractivity contribution in [2.45, 2.75) is 19.5 Å². The van der Waals surface area contributed by atoms with Crippen molar-refractivity contribution in [3.63, 3.8) is 0 Å². The SMILES string of the molecule is Cc1cc(/C(O)=C2/C(=O)C(=O)N(Cc3ccco3)C2c2cccs2)ccc1F. The molecular formula is C21H16FNO4S. The fourth-order valence-electron chi connectivity index (χ4n) is 3.30. The summed E-state index contributed by atoms with van der Waals surface area (Å²) in [7, 11) is 0. The Kier molecular flexibility index (Phi) is 4.60. The summed E-state index contributed by atoms with van der Waals surface area (Å²) >= 11 is 1.38. The molecule has 2 aromatic heterocycles. The summed E-state index contributed by atoms with van der Waals surface area (Å²) in [6.45, 7) is 1.66. The number of amides is 1. The van der Waals surface area contributed by atoms with Gasteiger partial charge in [-0.25, -0.2) is 4.39 Å². The van der Waals surface area contributed by atoms with E-state index in [1.54, 1.807) is 25.1 Å². The lowest BCUT2D eigenvalue weighted by molar-refractivity contribution is -0.140. The number of carbonyl (C=O) groups is 2. The molecule has 0 aliphatic carbocycles. The molecule has 1 aliphatic heterocycles. The molecule has 28 heavy (non-hydrogen) atoms. The first-order valence-electron chi connectivity index (χ1n) is 8.58. The number of aliphatic hydroxyl groups excluding tert-OH is 1. The normalized spacial score (nSPS) is 18.8. The number of hydrogen-bond donors (Lipinski definition) is 1. The summed E-state index contributed by atoms with van der Waals surface area (Å²) in [6, 6.07) is 10.4. The van der Waals surface area contributed by atoms with Gasteiger partial charge in [-0.15, -0.1) is 11.3 Å². The highest BCUT2D eigenvalue weighted by Gasteiger charge is 2.46. The van der Waals surface area contributed by atoms with E-state index in [1.165, 1.54) is 40.7 Å². The van der Waals surface area contributed by atoms with Gasteiger partial charge < -0.3 is 14.4 Å². The van der Waals surface area contributed by atoms with Crippen molar-refractivity contribution in [3.8, 4) is 0 Å². The van der Waals surface area contributed by atoms with Gasteiger partial charge in [0.1, 0.15) is 23.4 Å². The Bertz CT molecular complexity index is 1070. The van der Waals surface area contributed by atoms with E-state index in [4.69, 9.17) is 4.42 Å². The van der Waals surface area contributed by atoms with Gasteiger partial charge in [0.25, 0.3) is 11.7 Å². The third-order valence-corrected chi connectivity index (χ3v) is 5.62. The van der Waals surface area contributed by atoms with Crippen molar-refractivity contribution in [1.82, 2.24) is 4.90 Å². The van der Waals surface area contributed by atoms with Crippen LogP contribution in [-0.4, -0.2) is 21.7 Å². The Balaban J connectivity index is 1.85. The minimum absolute atomic E-state index is 0.00925. The lowest BCUT2D eigenvalue weighted by Crippen LogP contribution is -2.28. The predicted molar refractivity (Wildman–Crippen MR) is 102 cm³/mol. The lowest BCUT2D eigenvalue weighted by atomic mass is 9.99. The van der Waals surface area contributed by atoms with E-state index < -0.39 is 23.5 Å². The molecule has 5 nitrogen and oxygen atoms in total. The number of hydrogen-bond acceptors (Lipinski definition) is 5. The first-order chi connectivity index (χ1) is 13.5. The van der Waals surface area contributed by atoms with Crippen LogP contribution in [0.3, 0.4) is 0 Å². The molecule has 1 N–H and O–H groups in total. The molecule has 0 radical (unpaired) electrons. The summed E-state index contributed by atoms with van der Waals surface area (Å²) in [4.78, 5) is 27.7. The number of rotatable bonds is 4. The van der Waals surface area contributed by atoms with Crippen LogP contribution in [0.25, 0.3) is 5.76 Å². The third-order valence-electron chi connectivity index (χ3n) is 4.69. The summed E-state index contributed by atoms with van der Waals surface area (Å²) in [5, 5.41) is 12.7. The Labute approximate surface area is 164 Å². The second kappa shape index (κ2) is 7.09. The highest BCUT2D eigenvalue weighted by Crippen LogP contribution is 2.41. The number of carbonyl (C=O) groups excluding carboxylic acids is 2. The van der Waals surface area contributed by atoms with E-state index in [-0.39, 0.29) is 23.4 Å². The quantitative estimate of drug-likeness (QED) is 0.402. The van der Waals surface area contributed by atoms with Gasteiger partial charge in [0.2, 0.25) is 0 Å². The molecule has 1 fully saturated rings. The van der Waals surface area contributed by atoms with E-state index in [9.17, 15) is 19.1 Å². The molecule has 7 heteroatoms. The van der Waals surface area contributed by atoms with E-state index in [1.807, 2.05) is 11.4 Å². The summed E-state index contributed by atoms with van der Waals surface area (Å²) in [5.41, 5.74) is 0.614. The van der Waals surface area contributed by atoms with Gasteiger partial charge in [0.15, 0.2) is 0 Å². The van der Waals surface area contributed by atoms with Crippen LogP contribution in [0.2, 0.25) is 0 Å². The Morgan fingerprint density at radius 2 is 2.07 bits per heavy atom. The second-order valence-corrected chi connectivity index (χ2v) is 7.47. The molecule has 0 spiro atoms. The van der Waals surface area contributed by atoms with Crippen LogP contribution in [0, 0.1) is 12.7 Å². The molecule has 1 unspecified atom stereocenters. The number of furan rings is 1. The maximum absolute atomic E-state index is 13.6. The van der Waals surface area contributed by atoms with E-state index in [0.717, 1.165) is 4.88 Å². The number of benzene rings is 1. The number of thiophene rings is 1. The zero-order valence-electron chi connectivity index (χ0n) is 14.9. The first kappa shape index (κ1) is 18.2.